The number of aromatic amines is 1. The first-order valence-corrected chi connectivity index (χ1v) is 5.97. The topological polar surface area (TPSA) is 59.2 Å². The molecule has 1 aromatic carbocycles. The fraction of sp³-hybridized carbons (Fsp3) is 0.167. The lowest BCUT2D eigenvalue weighted by Gasteiger charge is -2.01. The number of carbonyl (C=O) groups excluding carboxylic acids is 2. The lowest BCUT2D eigenvalue weighted by atomic mass is 10.1. The standard InChI is InChI=1S/C12H9Cl2NO3/c1-2-18-12(17)11(16)7-5-15-9-4-6(13)3-8(14)10(7)9/h3-5,15H,2H2,1H3. The van der Waals surface area contributed by atoms with Crippen molar-refractivity contribution in [3.8, 4) is 0 Å². The number of benzene rings is 1. The summed E-state index contributed by atoms with van der Waals surface area (Å²) >= 11 is 11.9. The summed E-state index contributed by atoms with van der Waals surface area (Å²) in [5, 5.41) is 1.23. The Morgan fingerprint density at radius 2 is 2.06 bits per heavy atom. The highest BCUT2D eigenvalue weighted by atomic mass is 35.5. The lowest BCUT2D eigenvalue weighted by Crippen LogP contribution is -2.17. The third-order valence-corrected chi connectivity index (χ3v) is 2.92. The van der Waals surface area contributed by atoms with E-state index < -0.39 is 11.8 Å². The summed E-state index contributed by atoms with van der Waals surface area (Å²) in [5.41, 5.74) is 0.783. The molecule has 18 heavy (non-hydrogen) atoms. The van der Waals surface area contributed by atoms with Gasteiger partial charge in [-0.2, -0.15) is 0 Å². The summed E-state index contributed by atoms with van der Waals surface area (Å²) in [6.07, 6.45) is 1.42. The molecular formula is C12H9Cl2NO3. The average Bonchev–Trinajstić information content (AvgIpc) is 2.72. The summed E-state index contributed by atoms with van der Waals surface area (Å²) in [4.78, 5) is 26.1. The predicted molar refractivity (Wildman–Crippen MR) is 69.3 cm³/mol. The molecule has 0 saturated heterocycles. The highest BCUT2D eigenvalue weighted by Crippen LogP contribution is 2.30. The van der Waals surface area contributed by atoms with Crippen molar-refractivity contribution in [2.24, 2.45) is 0 Å². The summed E-state index contributed by atoms with van der Waals surface area (Å²) in [6.45, 7) is 1.78. The number of hydrogen-bond donors (Lipinski definition) is 1. The van der Waals surface area contributed by atoms with Crippen LogP contribution in [0.1, 0.15) is 17.3 Å². The molecule has 0 amide bonds. The van der Waals surface area contributed by atoms with Crippen molar-refractivity contribution in [2.75, 3.05) is 6.61 Å². The zero-order valence-corrected chi connectivity index (χ0v) is 10.9. The van der Waals surface area contributed by atoms with E-state index in [1.54, 1.807) is 13.0 Å². The van der Waals surface area contributed by atoms with E-state index in [0.717, 1.165) is 0 Å². The van der Waals surface area contributed by atoms with Gasteiger partial charge in [-0.1, -0.05) is 23.2 Å². The Morgan fingerprint density at radius 1 is 1.33 bits per heavy atom. The zero-order chi connectivity index (χ0) is 13.3. The third-order valence-electron chi connectivity index (χ3n) is 2.40. The molecule has 0 saturated carbocycles. The molecule has 1 aromatic heterocycles. The molecule has 0 spiro atoms. The van der Waals surface area contributed by atoms with Crippen LogP contribution in [0.4, 0.5) is 0 Å². The van der Waals surface area contributed by atoms with Crippen LogP contribution in [0.15, 0.2) is 18.3 Å². The van der Waals surface area contributed by atoms with Gasteiger partial charge in [0.15, 0.2) is 0 Å². The summed E-state index contributed by atoms with van der Waals surface area (Å²) in [6, 6.07) is 3.14. The molecule has 0 aliphatic carbocycles. The molecule has 0 aliphatic rings. The SMILES string of the molecule is CCOC(=O)C(=O)c1c[nH]c2cc(Cl)cc(Cl)c12. The van der Waals surface area contributed by atoms with E-state index in [2.05, 4.69) is 9.72 Å². The molecule has 0 fully saturated rings. The van der Waals surface area contributed by atoms with Crippen molar-refractivity contribution in [3.63, 3.8) is 0 Å². The predicted octanol–water partition coefficient (Wildman–Crippen LogP) is 3.22. The molecule has 0 radical (unpaired) electrons. The van der Waals surface area contributed by atoms with Crippen molar-refractivity contribution in [3.05, 3.63) is 33.9 Å². The average molecular weight is 286 g/mol. The third kappa shape index (κ3) is 2.21. The van der Waals surface area contributed by atoms with Gasteiger partial charge in [-0.3, -0.25) is 4.79 Å². The molecule has 0 bridgehead atoms. The second kappa shape index (κ2) is 5.00. The van der Waals surface area contributed by atoms with E-state index >= 15 is 0 Å². The monoisotopic (exact) mass is 285 g/mol. The Bertz CT molecular complexity index is 634. The Labute approximate surface area is 113 Å². The number of hydrogen-bond acceptors (Lipinski definition) is 3. The minimum absolute atomic E-state index is 0.145. The summed E-state index contributed by atoms with van der Waals surface area (Å²) in [5.74, 6) is -1.63. The highest BCUT2D eigenvalue weighted by molar-refractivity contribution is 6.46. The molecular weight excluding hydrogens is 277 g/mol. The molecule has 6 heteroatoms. The second-order valence-electron chi connectivity index (χ2n) is 3.56. The molecule has 94 valence electrons. The van der Waals surface area contributed by atoms with Gasteiger partial charge in [-0.05, 0) is 19.1 Å². The number of carbonyl (C=O) groups is 2. The van der Waals surface area contributed by atoms with Crippen LogP contribution in [-0.4, -0.2) is 23.3 Å². The van der Waals surface area contributed by atoms with Crippen molar-refractivity contribution in [1.82, 2.24) is 4.98 Å². The van der Waals surface area contributed by atoms with Gasteiger partial charge in [0.2, 0.25) is 0 Å². The number of fused-ring (bicyclic) bond motifs is 1. The van der Waals surface area contributed by atoms with Crippen molar-refractivity contribution in [1.29, 1.82) is 0 Å². The minimum atomic E-state index is -0.899. The van der Waals surface area contributed by atoms with E-state index in [-0.39, 0.29) is 12.2 Å². The van der Waals surface area contributed by atoms with Gasteiger partial charge in [0.05, 0.1) is 17.2 Å². The van der Waals surface area contributed by atoms with E-state index in [0.29, 0.717) is 20.9 Å². The summed E-state index contributed by atoms with van der Waals surface area (Å²) < 4.78 is 4.67. The van der Waals surface area contributed by atoms with E-state index in [1.165, 1.54) is 12.3 Å². The number of nitrogens with one attached hydrogen (secondary N) is 1. The van der Waals surface area contributed by atoms with Crippen LogP contribution in [0.2, 0.25) is 10.0 Å². The number of halogens is 2. The minimum Gasteiger partial charge on any atom is -0.460 e. The van der Waals surface area contributed by atoms with Gasteiger partial charge in [-0.15, -0.1) is 0 Å². The Morgan fingerprint density at radius 3 is 2.72 bits per heavy atom. The van der Waals surface area contributed by atoms with Gasteiger partial charge in [0.1, 0.15) is 0 Å². The maximum Gasteiger partial charge on any atom is 0.379 e. The largest absolute Gasteiger partial charge is 0.460 e. The Kier molecular flexibility index (Phi) is 3.59. The zero-order valence-electron chi connectivity index (χ0n) is 9.42. The van der Waals surface area contributed by atoms with Crippen LogP contribution in [0.25, 0.3) is 10.9 Å². The normalized spacial score (nSPS) is 10.6. The Hall–Kier alpha value is -1.52. The van der Waals surface area contributed by atoms with Gasteiger partial charge < -0.3 is 9.72 Å². The second-order valence-corrected chi connectivity index (χ2v) is 4.41. The van der Waals surface area contributed by atoms with Crippen LogP contribution >= 0.6 is 23.2 Å². The first-order valence-electron chi connectivity index (χ1n) is 5.22. The van der Waals surface area contributed by atoms with Crippen LogP contribution in [0, 0.1) is 0 Å². The molecule has 2 aromatic rings. The highest BCUT2D eigenvalue weighted by Gasteiger charge is 2.22. The number of H-pyrrole nitrogens is 1. The first-order chi connectivity index (χ1) is 8.54. The quantitative estimate of drug-likeness (QED) is 0.535. The smallest absolute Gasteiger partial charge is 0.379 e. The fourth-order valence-electron chi connectivity index (χ4n) is 1.67. The number of ketones is 1. The maximum atomic E-state index is 11.9. The number of aromatic nitrogens is 1. The van der Waals surface area contributed by atoms with Crippen molar-refractivity contribution >= 4 is 45.9 Å². The number of rotatable bonds is 3. The molecule has 1 N–H and O–H groups in total. The van der Waals surface area contributed by atoms with E-state index in [1.807, 2.05) is 0 Å². The summed E-state index contributed by atoms with van der Waals surface area (Å²) in [7, 11) is 0. The lowest BCUT2D eigenvalue weighted by molar-refractivity contribution is -0.137. The van der Waals surface area contributed by atoms with Crippen molar-refractivity contribution < 1.29 is 14.3 Å². The van der Waals surface area contributed by atoms with Crippen LogP contribution in [-0.2, 0) is 9.53 Å². The van der Waals surface area contributed by atoms with Gasteiger partial charge in [0.25, 0.3) is 5.78 Å². The molecule has 0 atom stereocenters. The number of esters is 1. The van der Waals surface area contributed by atoms with Gasteiger partial charge >= 0.3 is 5.97 Å². The van der Waals surface area contributed by atoms with E-state index in [9.17, 15) is 9.59 Å². The van der Waals surface area contributed by atoms with Gasteiger partial charge in [0, 0.05) is 22.1 Å². The number of Topliss-reactive ketones (excluding diaryl/α,β-unsaturated/α-hetero) is 1. The van der Waals surface area contributed by atoms with Crippen molar-refractivity contribution in [2.45, 2.75) is 6.92 Å². The van der Waals surface area contributed by atoms with Crippen LogP contribution < -0.4 is 0 Å². The van der Waals surface area contributed by atoms with Crippen LogP contribution in [0.3, 0.4) is 0 Å². The van der Waals surface area contributed by atoms with Gasteiger partial charge in [-0.25, -0.2) is 4.79 Å². The first kappa shape index (κ1) is 12.9. The Balaban J connectivity index is 2.53. The molecule has 0 aliphatic heterocycles. The fourth-order valence-corrected chi connectivity index (χ4v) is 2.26. The maximum absolute atomic E-state index is 11.9. The molecule has 2 rings (SSSR count). The number of ether oxygens (including phenoxy) is 1. The molecule has 4 nitrogen and oxygen atoms in total. The molecule has 0 unspecified atom stereocenters. The molecule has 1 heterocycles. The van der Waals surface area contributed by atoms with E-state index in [4.69, 9.17) is 23.2 Å². The van der Waals surface area contributed by atoms with Crippen LogP contribution in [0.5, 0.6) is 0 Å².